The average molecular weight is 546 g/mol. The Labute approximate surface area is 216 Å². The summed E-state index contributed by atoms with van der Waals surface area (Å²) < 4.78 is 21.1. The Balaban J connectivity index is 1.37. The lowest BCUT2D eigenvalue weighted by molar-refractivity contribution is 0.102. The second-order valence-corrected chi connectivity index (χ2v) is 9.79. The SMILES string of the molecule is O=C(Nc1ccccc1F)c1csc(CSc2nnc(-c3ccco3)n2-c2ccc(Cl)cc2Cl)n1. The van der Waals surface area contributed by atoms with Gasteiger partial charge in [-0.25, -0.2) is 9.37 Å². The third-order valence-electron chi connectivity index (χ3n) is 4.76. The Bertz CT molecular complexity index is 1500. The number of rotatable bonds is 7. The maximum atomic E-state index is 13.8. The Kier molecular flexibility index (Phi) is 6.87. The summed E-state index contributed by atoms with van der Waals surface area (Å²) in [6.45, 7) is 0. The number of nitrogens with zero attached hydrogens (tertiary/aromatic N) is 4. The number of halogens is 3. The third kappa shape index (κ3) is 5.10. The average Bonchev–Trinajstić information content (AvgIpc) is 3.60. The summed E-state index contributed by atoms with van der Waals surface area (Å²) in [4.78, 5) is 16.9. The van der Waals surface area contributed by atoms with E-state index in [0.29, 0.717) is 43.2 Å². The molecular weight excluding hydrogens is 532 g/mol. The maximum Gasteiger partial charge on any atom is 0.275 e. The largest absolute Gasteiger partial charge is 0.461 e. The van der Waals surface area contributed by atoms with Crippen molar-refractivity contribution in [2.24, 2.45) is 0 Å². The molecule has 1 amide bonds. The van der Waals surface area contributed by atoms with E-state index < -0.39 is 11.7 Å². The van der Waals surface area contributed by atoms with Crippen molar-refractivity contribution in [1.82, 2.24) is 19.7 Å². The van der Waals surface area contributed by atoms with Crippen molar-refractivity contribution >= 4 is 57.9 Å². The second-order valence-electron chi connectivity index (χ2n) is 7.06. The number of hydrogen-bond acceptors (Lipinski definition) is 7. The number of thioether (sulfide) groups is 1. The van der Waals surface area contributed by atoms with Crippen molar-refractivity contribution in [3.63, 3.8) is 0 Å². The molecule has 0 aliphatic heterocycles. The molecular formula is C23H14Cl2FN5O2S2. The number of anilines is 1. The van der Waals surface area contributed by atoms with Crippen molar-refractivity contribution in [2.75, 3.05) is 5.32 Å². The first-order valence-corrected chi connectivity index (χ1v) is 12.7. The van der Waals surface area contributed by atoms with Gasteiger partial charge in [-0.2, -0.15) is 0 Å². The summed E-state index contributed by atoms with van der Waals surface area (Å²) in [5.41, 5.74) is 0.936. The van der Waals surface area contributed by atoms with Crippen molar-refractivity contribution in [2.45, 2.75) is 10.9 Å². The molecule has 0 aliphatic carbocycles. The summed E-state index contributed by atoms with van der Waals surface area (Å²) in [6, 6.07) is 14.6. The van der Waals surface area contributed by atoms with Gasteiger partial charge in [0.05, 0.1) is 28.4 Å². The van der Waals surface area contributed by atoms with Gasteiger partial charge in [-0.05, 0) is 42.5 Å². The van der Waals surface area contributed by atoms with E-state index >= 15 is 0 Å². The molecule has 7 nitrogen and oxygen atoms in total. The van der Waals surface area contributed by atoms with Crippen LogP contribution in [0.1, 0.15) is 15.5 Å². The first-order chi connectivity index (χ1) is 17.0. The molecule has 0 aliphatic rings. The second kappa shape index (κ2) is 10.2. The molecule has 0 saturated heterocycles. The van der Waals surface area contributed by atoms with Crippen LogP contribution < -0.4 is 5.32 Å². The van der Waals surface area contributed by atoms with Gasteiger partial charge < -0.3 is 9.73 Å². The Morgan fingerprint density at radius 3 is 2.77 bits per heavy atom. The lowest BCUT2D eigenvalue weighted by atomic mass is 10.3. The molecule has 5 aromatic rings. The smallest absolute Gasteiger partial charge is 0.275 e. The Morgan fingerprint density at radius 1 is 1.14 bits per heavy atom. The van der Waals surface area contributed by atoms with Crippen molar-refractivity contribution in [3.05, 3.63) is 92.8 Å². The van der Waals surface area contributed by atoms with E-state index in [9.17, 15) is 9.18 Å². The fraction of sp³-hybridized carbons (Fsp3) is 0.0435. The van der Waals surface area contributed by atoms with Gasteiger partial charge in [0, 0.05) is 10.4 Å². The van der Waals surface area contributed by atoms with Crippen LogP contribution in [0.5, 0.6) is 0 Å². The topological polar surface area (TPSA) is 85.8 Å². The minimum atomic E-state index is -0.514. The van der Waals surface area contributed by atoms with E-state index in [1.807, 2.05) is 0 Å². The Hall–Kier alpha value is -3.18. The number of thiazole rings is 1. The molecule has 176 valence electrons. The lowest BCUT2D eigenvalue weighted by Gasteiger charge is -2.11. The van der Waals surface area contributed by atoms with Gasteiger partial charge in [-0.3, -0.25) is 9.36 Å². The molecule has 0 atom stereocenters. The Morgan fingerprint density at radius 2 is 2.00 bits per heavy atom. The zero-order valence-electron chi connectivity index (χ0n) is 17.6. The first-order valence-electron chi connectivity index (χ1n) is 10.1. The van der Waals surface area contributed by atoms with E-state index in [1.54, 1.807) is 58.7 Å². The van der Waals surface area contributed by atoms with E-state index in [-0.39, 0.29) is 11.4 Å². The molecule has 2 aromatic carbocycles. The standard InChI is InChI=1S/C23H14Cl2FN5O2S2/c24-13-7-8-18(14(25)10-13)31-21(19-6-3-9-33-19)29-30-23(31)35-12-20-27-17(11-34-20)22(32)28-16-5-2-1-4-15(16)26/h1-11H,12H2,(H,28,32). The number of para-hydroxylation sites is 1. The van der Waals surface area contributed by atoms with Gasteiger partial charge in [-0.1, -0.05) is 47.1 Å². The number of nitrogens with one attached hydrogen (secondary N) is 1. The third-order valence-corrected chi connectivity index (χ3v) is 7.27. The lowest BCUT2D eigenvalue weighted by Crippen LogP contribution is -2.13. The molecule has 0 radical (unpaired) electrons. The normalized spacial score (nSPS) is 11.1. The highest BCUT2D eigenvalue weighted by molar-refractivity contribution is 7.98. The summed E-state index contributed by atoms with van der Waals surface area (Å²) in [7, 11) is 0. The van der Waals surface area contributed by atoms with Gasteiger partial charge >= 0.3 is 0 Å². The molecule has 3 heterocycles. The van der Waals surface area contributed by atoms with Gasteiger partial charge in [0.25, 0.3) is 5.91 Å². The molecule has 12 heteroatoms. The minimum absolute atomic E-state index is 0.0971. The molecule has 35 heavy (non-hydrogen) atoms. The van der Waals surface area contributed by atoms with Crippen molar-refractivity contribution < 1.29 is 13.6 Å². The van der Waals surface area contributed by atoms with Crippen LogP contribution in [-0.2, 0) is 5.75 Å². The molecule has 1 N–H and O–H groups in total. The number of hydrogen-bond donors (Lipinski definition) is 1. The quantitative estimate of drug-likeness (QED) is 0.222. The molecule has 3 aromatic heterocycles. The predicted octanol–water partition coefficient (Wildman–Crippen LogP) is 6.97. The summed E-state index contributed by atoms with van der Waals surface area (Å²) >= 11 is 15.2. The van der Waals surface area contributed by atoms with Gasteiger partial charge in [0.2, 0.25) is 5.82 Å². The van der Waals surface area contributed by atoms with Crippen molar-refractivity contribution in [1.29, 1.82) is 0 Å². The van der Waals surface area contributed by atoms with E-state index in [2.05, 4.69) is 20.5 Å². The summed E-state index contributed by atoms with van der Waals surface area (Å²) in [5.74, 6) is 0.417. The molecule has 0 spiro atoms. The number of carbonyl (C=O) groups excluding carboxylic acids is 1. The highest BCUT2D eigenvalue weighted by atomic mass is 35.5. The van der Waals surface area contributed by atoms with E-state index in [0.717, 1.165) is 0 Å². The van der Waals surface area contributed by atoms with E-state index in [4.69, 9.17) is 27.6 Å². The summed E-state index contributed by atoms with van der Waals surface area (Å²) in [5, 5.41) is 14.9. The van der Waals surface area contributed by atoms with E-state index in [1.165, 1.54) is 35.2 Å². The number of benzene rings is 2. The minimum Gasteiger partial charge on any atom is -0.461 e. The summed E-state index contributed by atoms with van der Waals surface area (Å²) in [6.07, 6.45) is 1.55. The van der Waals surface area contributed by atoms with Gasteiger partial charge in [-0.15, -0.1) is 21.5 Å². The first kappa shape index (κ1) is 23.6. The van der Waals surface area contributed by atoms with Crippen LogP contribution in [0, 0.1) is 5.82 Å². The predicted molar refractivity (Wildman–Crippen MR) is 135 cm³/mol. The van der Waals surface area contributed by atoms with Crippen LogP contribution in [0.15, 0.2) is 75.8 Å². The van der Waals surface area contributed by atoms with Crippen LogP contribution in [0.2, 0.25) is 10.0 Å². The van der Waals surface area contributed by atoms with Crippen LogP contribution in [0.25, 0.3) is 17.3 Å². The monoisotopic (exact) mass is 545 g/mol. The molecule has 0 fully saturated rings. The zero-order valence-corrected chi connectivity index (χ0v) is 20.8. The number of amides is 1. The fourth-order valence-electron chi connectivity index (χ4n) is 3.17. The van der Waals surface area contributed by atoms with Crippen LogP contribution in [-0.4, -0.2) is 25.7 Å². The highest BCUT2D eigenvalue weighted by Crippen LogP contribution is 2.34. The number of aromatic nitrogens is 4. The molecule has 0 saturated carbocycles. The number of furan rings is 1. The van der Waals surface area contributed by atoms with Crippen LogP contribution in [0.4, 0.5) is 10.1 Å². The van der Waals surface area contributed by atoms with Gasteiger partial charge in [0.15, 0.2) is 10.9 Å². The molecule has 5 rings (SSSR count). The molecule has 0 unspecified atom stereocenters. The van der Waals surface area contributed by atoms with Crippen LogP contribution >= 0.6 is 46.3 Å². The zero-order chi connectivity index (χ0) is 24.4. The van der Waals surface area contributed by atoms with Gasteiger partial charge in [0.1, 0.15) is 16.5 Å². The highest BCUT2D eigenvalue weighted by Gasteiger charge is 2.21. The van der Waals surface area contributed by atoms with Crippen molar-refractivity contribution in [3.8, 4) is 17.3 Å². The fourth-order valence-corrected chi connectivity index (χ4v) is 5.40. The molecule has 0 bridgehead atoms. The number of carbonyl (C=O) groups is 1. The maximum absolute atomic E-state index is 13.8. The van der Waals surface area contributed by atoms with Crippen LogP contribution in [0.3, 0.4) is 0 Å².